The molecule has 0 fully saturated rings. The van der Waals surface area contributed by atoms with Gasteiger partial charge in [-0.3, -0.25) is 0 Å². The van der Waals surface area contributed by atoms with Gasteiger partial charge in [0, 0.05) is 6.61 Å². The molecule has 6 nitrogen and oxygen atoms in total. The highest BCUT2D eigenvalue weighted by Crippen LogP contribution is 2.19. The summed E-state index contributed by atoms with van der Waals surface area (Å²) in [6.45, 7) is 3.75. The number of carbonyl (C=O) groups is 1. The van der Waals surface area contributed by atoms with Crippen LogP contribution in [-0.2, 0) is 19.5 Å². The molecule has 2 N–H and O–H groups in total. The van der Waals surface area contributed by atoms with Crippen molar-refractivity contribution in [1.29, 1.82) is 0 Å². The summed E-state index contributed by atoms with van der Waals surface area (Å²) in [6, 6.07) is 1.81. The number of nitrogens with two attached hydrogens (primary N) is 1. The molecule has 0 bridgehead atoms. The Hall–Kier alpha value is -1.51. The zero-order valence-corrected chi connectivity index (χ0v) is 12.0. The van der Waals surface area contributed by atoms with E-state index in [1.54, 1.807) is 6.92 Å². The van der Waals surface area contributed by atoms with Crippen molar-refractivity contribution in [2.75, 3.05) is 19.8 Å². The number of ether oxygens (including phenoxy) is 2. The number of halogens is 1. The van der Waals surface area contributed by atoms with Crippen molar-refractivity contribution < 1.29 is 27.1 Å². The van der Waals surface area contributed by atoms with E-state index in [1.807, 2.05) is 0 Å². The first-order valence-corrected chi connectivity index (χ1v) is 7.39. The molecule has 0 spiro atoms. The van der Waals surface area contributed by atoms with E-state index in [1.165, 1.54) is 6.92 Å². The number of aryl methyl sites for hydroxylation is 1. The van der Waals surface area contributed by atoms with Gasteiger partial charge in [-0.05, 0) is 31.5 Å². The van der Waals surface area contributed by atoms with Gasteiger partial charge in [0.2, 0.25) is 10.0 Å². The molecule has 0 heterocycles. The Bertz CT molecular complexity index is 600. The fraction of sp³-hybridized carbons (Fsp3) is 0.417. The van der Waals surface area contributed by atoms with Crippen molar-refractivity contribution in [3.8, 4) is 0 Å². The predicted octanol–water partition coefficient (Wildman–Crippen LogP) is 0.975. The average molecular weight is 305 g/mol. The average Bonchev–Trinajstić information content (AvgIpc) is 2.32. The van der Waals surface area contributed by atoms with Gasteiger partial charge in [-0.1, -0.05) is 0 Å². The van der Waals surface area contributed by atoms with Crippen molar-refractivity contribution in [2.45, 2.75) is 18.7 Å². The van der Waals surface area contributed by atoms with E-state index in [0.29, 0.717) is 6.61 Å². The molecule has 0 atom stereocenters. The van der Waals surface area contributed by atoms with E-state index in [0.717, 1.165) is 12.1 Å². The lowest BCUT2D eigenvalue weighted by molar-refractivity contribution is 0.0330. The monoisotopic (exact) mass is 305 g/mol. The standard InChI is InChI=1S/C12H16FNO5S/c1-3-18-4-5-19-12(15)9-7-11(20(14,16)17)8(2)6-10(9)13/h6-7H,3-5H2,1-2H3,(H2,14,16,17). The van der Waals surface area contributed by atoms with Crippen LogP contribution in [-0.4, -0.2) is 34.2 Å². The molecule has 0 aliphatic heterocycles. The third-order valence-electron chi connectivity index (χ3n) is 2.46. The summed E-state index contributed by atoms with van der Waals surface area (Å²) < 4.78 is 46.1. The quantitative estimate of drug-likeness (QED) is 0.624. The van der Waals surface area contributed by atoms with Gasteiger partial charge in [0.05, 0.1) is 17.1 Å². The zero-order chi connectivity index (χ0) is 15.3. The Balaban J connectivity index is 2.98. The summed E-state index contributed by atoms with van der Waals surface area (Å²) in [5, 5.41) is 4.99. The normalized spacial score (nSPS) is 11.4. The van der Waals surface area contributed by atoms with Crippen LogP contribution >= 0.6 is 0 Å². The molecular formula is C12H16FNO5S. The van der Waals surface area contributed by atoms with Gasteiger partial charge in [0.15, 0.2) is 0 Å². The van der Waals surface area contributed by atoms with Gasteiger partial charge < -0.3 is 9.47 Å². The first kappa shape index (κ1) is 16.5. The third kappa shape index (κ3) is 4.26. The highest BCUT2D eigenvalue weighted by Gasteiger charge is 2.20. The molecule has 0 amide bonds. The van der Waals surface area contributed by atoms with Crippen molar-refractivity contribution in [3.05, 3.63) is 29.1 Å². The largest absolute Gasteiger partial charge is 0.460 e. The maximum absolute atomic E-state index is 13.7. The molecule has 0 unspecified atom stereocenters. The molecule has 0 aromatic heterocycles. The highest BCUT2D eigenvalue weighted by molar-refractivity contribution is 7.89. The number of esters is 1. The first-order valence-electron chi connectivity index (χ1n) is 5.85. The minimum absolute atomic E-state index is 0.0509. The molecule has 0 radical (unpaired) electrons. The van der Waals surface area contributed by atoms with Gasteiger partial charge in [0.1, 0.15) is 12.4 Å². The van der Waals surface area contributed by atoms with E-state index in [9.17, 15) is 17.6 Å². The Morgan fingerprint density at radius 1 is 1.35 bits per heavy atom. The number of benzene rings is 1. The van der Waals surface area contributed by atoms with E-state index in [-0.39, 0.29) is 23.7 Å². The molecule has 0 saturated carbocycles. The number of sulfonamides is 1. The van der Waals surface area contributed by atoms with Gasteiger partial charge in [-0.2, -0.15) is 0 Å². The SMILES string of the molecule is CCOCCOC(=O)c1cc(S(N)(=O)=O)c(C)cc1F. The van der Waals surface area contributed by atoms with Crippen LogP contribution in [0.4, 0.5) is 4.39 Å². The summed E-state index contributed by atoms with van der Waals surface area (Å²) >= 11 is 0. The summed E-state index contributed by atoms with van der Waals surface area (Å²) in [7, 11) is -4.03. The van der Waals surface area contributed by atoms with Crippen LogP contribution in [0, 0.1) is 12.7 Å². The first-order chi connectivity index (χ1) is 9.27. The second kappa shape index (κ2) is 6.78. The van der Waals surface area contributed by atoms with Crippen molar-refractivity contribution in [2.24, 2.45) is 5.14 Å². The van der Waals surface area contributed by atoms with Crippen LogP contribution in [0.1, 0.15) is 22.8 Å². The van der Waals surface area contributed by atoms with Gasteiger partial charge in [-0.15, -0.1) is 0 Å². The second-order valence-electron chi connectivity index (χ2n) is 3.98. The lowest BCUT2D eigenvalue weighted by atomic mass is 10.1. The molecular weight excluding hydrogens is 289 g/mol. The Morgan fingerprint density at radius 2 is 2.00 bits per heavy atom. The summed E-state index contributed by atoms with van der Waals surface area (Å²) in [5.41, 5.74) is -0.355. The van der Waals surface area contributed by atoms with Crippen molar-refractivity contribution in [1.82, 2.24) is 0 Å². The summed E-state index contributed by atoms with van der Waals surface area (Å²) in [5.74, 6) is -1.83. The third-order valence-corrected chi connectivity index (χ3v) is 3.51. The van der Waals surface area contributed by atoms with E-state index >= 15 is 0 Å². The molecule has 112 valence electrons. The molecule has 8 heteroatoms. The minimum Gasteiger partial charge on any atom is -0.460 e. The Kier molecular flexibility index (Phi) is 5.61. The van der Waals surface area contributed by atoms with E-state index in [2.05, 4.69) is 0 Å². The minimum atomic E-state index is -4.03. The topological polar surface area (TPSA) is 95.7 Å². The van der Waals surface area contributed by atoms with Crippen LogP contribution in [0.5, 0.6) is 0 Å². The maximum atomic E-state index is 13.7. The van der Waals surface area contributed by atoms with Crippen molar-refractivity contribution in [3.63, 3.8) is 0 Å². The van der Waals surface area contributed by atoms with Gasteiger partial charge in [0.25, 0.3) is 0 Å². The smallest absolute Gasteiger partial charge is 0.341 e. The number of carbonyl (C=O) groups excluding carboxylic acids is 1. The second-order valence-corrected chi connectivity index (χ2v) is 5.51. The Morgan fingerprint density at radius 3 is 2.55 bits per heavy atom. The number of primary sulfonamides is 1. The molecule has 20 heavy (non-hydrogen) atoms. The number of rotatable bonds is 6. The Labute approximate surface area is 116 Å². The summed E-state index contributed by atoms with van der Waals surface area (Å²) in [4.78, 5) is 11.4. The summed E-state index contributed by atoms with van der Waals surface area (Å²) in [6.07, 6.45) is 0. The fourth-order valence-electron chi connectivity index (χ4n) is 1.53. The van der Waals surface area contributed by atoms with Crippen LogP contribution in [0.15, 0.2) is 17.0 Å². The molecule has 1 aromatic carbocycles. The van der Waals surface area contributed by atoms with Crippen molar-refractivity contribution >= 4 is 16.0 Å². The lowest BCUT2D eigenvalue weighted by Crippen LogP contribution is -2.17. The predicted molar refractivity (Wildman–Crippen MR) is 69.3 cm³/mol. The molecule has 1 aromatic rings. The van der Waals surface area contributed by atoms with Gasteiger partial charge >= 0.3 is 5.97 Å². The molecule has 0 aliphatic carbocycles. The van der Waals surface area contributed by atoms with Gasteiger partial charge in [-0.25, -0.2) is 22.7 Å². The molecule has 0 saturated heterocycles. The molecule has 1 rings (SSSR count). The van der Waals surface area contributed by atoms with Crippen LogP contribution in [0.3, 0.4) is 0 Å². The van der Waals surface area contributed by atoms with E-state index < -0.39 is 27.4 Å². The van der Waals surface area contributed by atoms with Crippen LogP contribution < -0.4 is 5.14 Å². The number of hydrogen-bond donors (Lipinski definition) is 1. The van der Waals surface area contributed by atoms with Crippen LogP contribution in [0.25, 0.3) is 0 Å². The van der Waals surface area contributed by atoms with E-state index in [4.69, 9.17) is 14.6 Å². The lowest BCUT2D eigenvalue weighted by Gasteiger charge is -2.09. The maximum Gasteiger partial charge on any atom is 0.341 e. The zero-order valence-electron chi connectivity index (χ0n) is 11.2. The number of hydrogen-bond acceptors (Lipinski definition) is 5. The molecule has 0 aliphatic rings. The fourth-order valence-corrected chi connectivity index (χ4v) is 2.32. The van der Waals surface area contributed by atoms with Crippen LogP contribution in [0.2, 0.25) is 0 Å². The highest BCUT2D eigenvalue weighted by atomic mass is 32.2.